The summed E-state index contributed by atoms with van der Waals surface area (Å²) in [6.45, 7) is 1.03. The number of carbonyl (C=O) groups is 1. The first-order chi connectivity index (χ1) is 11.0. The number of nitrogens with zero attached hydrogens (tertiary/aromatic N) is 2. The SMILES string of the molecule is CN1CCC[C@H]1c1ccc[n+]([C@@H]2OC(C(=O)O)=C[C@H](O)[C@H]2O)c1. The topological polar surface area (TPSA) is 94.1 Å². The summed E-state index contributed by atoms with van der Waals surface area (Å²) in [5.41, 5.74) is 1.07. The highest BCUT2D eigenvalue weighted by Gasteiger charge is 2.41. The molecule has 2 aliphatic heterocycles. The third-order valence-electron chi connectivity index (χ3n) is 4.47. The number of ether oxygens (including phenoxy) is 1. The molecule has 1 aromatic rings. The number of hydrogen-bond donors (Lipinski definition) is 3. The first kappa shape index (κ1) is 15.9. The summed E-state index contributed by atoms with van der Waals surface area (Å²) in [7, 11) is 2.07. The maximum atomic E-state index is 11.1. The van der Waals surface area contributed by atoms with Crippen LogP contribution in [-0.4, -0.2) is 52.0 Å². The maximum Gasteiger partial charge on any atom is 0.371 e. The van der Waals surface area contributed by atoms with Crippen LogP contribution in [0.15, 0.2) is 36.4 Å². The van der Waals surface area contributed by atoms with Crippen molar-refractivity contribution in [1.29, 1.82) is 0 Å². The summed E-state index contributed by atoms with van der Waals surface area (Å²) >= 11 is 0. The number of likely N-dealkylation sites (tertiary alicyclic amines) is 1. The van der Waals surface area contributed by atoms with Gasteiger partial charge in [0.05, 0.1) is 0 Å². The smallest absolute Gasteiger partial charge is 0.371 e. The molecule has 0 radical (unpaired) electrons. The molecule has 0 aromatic carbocycles. The molecule has 7 nitrogen and oxygen atoms in total. The molecule has 2 aliphatic rings. The highest BCUT2D eigenvalue weighted by Crippen LogP contribution is 2.30. The van der Waals surface area contributed by atoms with Gasteiger partial charge < -0.3 is 20.1 Å². The van der Waals surface area contributed by atoms with E-state index in [1.165, 1.54) is 0 Å². The molecule has 0 spiro atoms. The number of aliphatic hydroxyl groups is 2. The summed E-state index contributed by atoms with van der Waals surface area (Å²) < 4.78 is 6.98. The summed E-state index contributed by atoms with van der Waals surface area (Å²) in [6, 6.07) is 4.13. The van der Waals surface area contributed by atoms with Crippen LogP contribution in [0.3, 0.4) is 0 Å². The fraction of sp³-hybridized carbons (Fsp3) is 0.500. The molecule has 0 aliphatic carbocycles. The van der Waals surface area contributed by atoms with Gasteiger partial charge in [0.2, 0.25) is 5.76 Å². The van der Waals surface area contributed by atoms with E-state index >= 15 is 0 Å². The molecule has 1 saturated heterocycles. The van der Waals surface area contributed by atoms with Gasteiger partial charge in [-0.15, -0.1) is 0 Å². The van der Waals surface area contributed by atoms with Gasteiger partial charge in [-0.25, -0.2) is 4.79 Å². The molecular weight excluding hydrogens is 300 g/mol. The number of carboxylic acids is 1. The van der Waals surface area contributed by atoms with E-state index in [0.717, 1.165) is 31.0 Å². The second kappa shape index (κ2) is 6.27. The van der Waals surface area contributed by atoms with Gasteiger partial charge in [0, 0.05) is 17.7 Å². The van der Waals surface area contributed by atoms with E-state index in [0.29, 0.717) is 6.04 Å². The Balaban J connectivity index is 1.89. The van der Waals surface area contributed by atoms with Gasteiger partial charge in [0.25, 0.3) is 0 Å². The van der Waals surface area contributed by atoms with Crippen LogP contribution in [0.1, 0.15) is 30.7 Å². The fourth-order valence-corrected chi connectivity index (χ4v) is 3.22. The third-order valence-corrected chi connectivity index (χ3v) is 4.47. The molecule has 3 heterocycles. The zero-order valence-electron chi connectivity index (χ0n) is 12.9. The monoisotopic (exact) mass is 321 g/mol. The number of carboxylic acid groups (broad SMARTS) is 1. The standard InChI is InChI=1S/C16H20N2O5/c1-17-6-3-5-11(17)10-4-2-7-18(9-10)15-14(20)12(19)8-13(23-15)16(21)22/h2,4,7-9,11-12,14-15,19-20H,3,5-6H2,1H3/p+1/t11-,12-,14+,15+/m0/s1. The van der Waals surface area contributed by atoms with E-state index < -0.39 is 24.4 Å². The highest BCUT2D eigenvalue weighted by atomic mass is 16.5. The van der Waals surface area contributed by atoms with Gasteiger partial charge in [-0.3, -0.25) is 4.90 Å². The van der Waals surface area contributed by atoms with E-state index in [1.54, 1.807) is 10.8 Å². The third kappa shape index (κ3) is 3.08. The number of aliphatic carboxylic acids is 1. The fourth-order valence-electron chi connectivity index (χ4n) is 3.22. The summed E-state index contributed by atoms with van der Waals surface area (Å²) in [5.74, 6) is -1.63. The average Bonchev–Trinajstić information content (AvgIpc) is 2.96. The quantitative estimate of drug-likeness (QED) is 0.677. The minimum Gasteiger partial charge on any atom is -0.475 e. The Morgan fingerprint density at radius 2 is 2.22 bits per heavy atom. The van der Waals surface area contributed by atoms with Crippen LogP contribution in [0.4, 0.5) is 0 Å². The molecule has 0 unspecified atom stereocenters. The van der Waals surface area contributed by atoms with Gasteiger partial charge in [-0.1, -0.05) is 0 Å². The minimum absolute atomic E-state index is 0.294. The Morgan fingerprint density at radius 1 is 1.43 bits per heavy atom. The van der Waals surface area contributed by atoms with Crippen LogP contribution >= 0.6 is 0 Å². The van der Waals surface area contributed by atoms with E-state index in [2.05, 4.69) is 11.9 Å². The number of pyridine rings is 1. The Labute approximate surface area is 134 Å². The van der Waals surface area contributed by atoms with Crippen molar-refractivity contribution in [1.82, 2.24) is 4.90 Å². The second-order valence-electron chi connectivity index (χ2n) is 6.05. The van der Waals surface area contributed by atoms with E-state index in [9.17, 15) is 15.0 Å². The largest absolute Gasteiger partial charge is 0.475 e. The first-order valence-electron chi connectivity index (χ1n) is 7.66. The van der Waals surface area contributed by atoms with Crippen molar-refractivity contribution in [2.45, 2.75) is 37.3 Å². The molecule has 3 rings (SSSR count). The molecule has 1 aromatic heterocycles. The molecule has 0 saturated carbocycles. The van der Waals surface area contributed by atoms with Crippen LogP contribution < -0.4 is 4.57 Å². The first-order valence-corrected chi connectivity index (χ1v) is 7.66. The van der Waals surface area contributed by atoms with E-state index in [4.69, 9.17) is 9.84 Å². The van der Waals surface area contributed by atoms with Gasteiger partial charge in [0.15, 0.2) is 18.5 Å². The number of rotatable bonds is 3. The molecule has 0 bridgehead atoms. The Kier molecular flexibility index (Phi) is 4.34. The van der Waals surface area contributed by atoms with Gasteiger partial charge in [0.1, 0.15) is 6.10 Å². The predicted octanol–water partition coefficient (Wildman–Crippen LogP) is -0.0401. The summed E-state index contributed by atoms with van der Waals surface area (Å²) in [5, 5.41) is 29.1. The maximum absolute atomic E-state index is 11.1. The lowest BCUT2D eigenvalue weighted by atomic mass is 10.1. The number of aliphatic hydroxyl groups excluding tert-OH is 2. The van der Waals surface area contributed by atoms with Crippen LogP contribution in [0.5, 0.6) is 0 Å². The lowest BCUT2D eigenvalue weighted by molar-refractivity contribution is -0.769. The second-order valence-corrected chi connectivity index (χ2v) is 6.05. The van der Waals surface area contributed by atoms with Crippen molar-refractivity contribution in [2.75, 3.05) is 13.6 Å². The van der Waals surface area contributed by atoms with E-state index in [-0.39, 0.29) is 5.76 Å². The average molecular weight is 321 g/mol. The van der Waals surface area contributed by atoms with Crippen LogP contribution in [0, 0.1) is 0 Å². The Hall–Kier alpha value is -1.96. The van der Waals surface area contributed by atoms with Gasteiger partial charge >= 0.3 is 12.2 Å². The van der Waals surface area contributed by atoms with Crippen molar-refractivity contribution in [3.05, 3.63) is 41.9 Å². The van der Waals surface area contributed by atoms with Crippen molar-refractivity contribution in [3.63, 3.8) is 0 Å². The normalized spacial score (nSPS) is 31.5. The highest BCUT2D eigenvalue weighted by molar-refractivity contribution is 5.84. The van der Waals surface area contributed by atoms with Gasteiger partial charge in [-0.2, -0.15) is 4.57 Å². The van der Waals surface area contributed by atoms with Gasteiger partial charge in [-0.05, 0) is 38.6 Å². The Morgan fingerprint density at radius 3 is 2.87 bits per heavy atom. The van der Waals surface area contributed by atoms with E-state index in [1.807, 2.05) is 18.3 Å². The molecule has 4 atom stereocenters. The number of aromatic nitrogens is 1. The Bertz CT molecular complexity index is 633. The zero-order chi connectivity index (χ0) is 16.6. The molecule has 23 heavy (non-hydrogen) atoms. The molecular formula is C16H21N2O5+. The predicted molar refractivity (Wildman–Crippen MR) is 79.1 cm³/mol. The zero-order valence-corrected chi connectivity index (χ0v) is 12.9. The van der Waals surface area contributed by atoms with Crippen molar-refractivity contribution >= 4 is 5.97 Å². The van der Waals surface area contributed by atoms with Crippen LogP contribution in [-0.2, 0) is 9.53 Å². The van der Waals surface area contributed by atoms with Crippen molar-refractivity contribution < 1.29 is 29.4 Å². The molecule has 0 amide bonds. The summed E-state index contributed by atoms with van der Waals surface area (Å²) in [4.78, 5) is 13.4. The van der Waals surface area contributed by atoms with Crippen molar-refractivity contribution in [2.24, 2.45) is 0 Å². The van der Waals surface area contributed by atoms with Crippen LogP contribution in [0.25, 0.3) is 0 Å². The molecule has 124 valence electrons. The molecule has 1 fully saturated rings. The molecule has 3 N–H and O–H groups in total. The lowest BCUT2D eigenvalue weighted by Gasteiger charge is -2.27. The molecule has 7 heteroatoms. The minimum atomic E-state index is -1.29. The van der Waals surface area contributed by atoms with Crippen LogP contribution in [0.2, 0.25) is 0 Å². The summed E-state index contributed by atoms with van der Waals surface area (Å²) in [6.07, 6.45) is 3.23. The lowest BCUT2D eigenvalue weighted by Crippen LogP contribution is -2.53. The van der Waals surface area contributed by atoms with Crippen molar-refractivity contribution in [3.8, 4) is 0 Å². The number of hydrogen-bond acceptors (Lipinski definition) is 5.